The van der Waals surface area contributed by atoms with Gasteiger partial charge in [0.1, 0.15) is 24.4 Å². The van der Waals surface area contributed by atoms with Gasteiger partial charge in [-0.1, -0.05) is 6.08 Å². The van der Waals surface area contributed by atoms with Gasteiger partial charge in [0.2, 0.25) is 6.29 Å². The number of methoxy groups -OCH3 is 1. The zero-order chi connectivity index (χ0) is 24.1. The molecule has 0 aromatic carbocycles. The van der Waals surface area contributed by atoms with Crippen molar-refractivity contribution in [2.45, 2.75) is 55.6 Å². The molecule has 0 amide bonds. The van der Waals surface area contributed by atoms with E-state index in [-0.39, 0.29) is 11.1 Å². The first kappa shape index (κ1) is 23.8. The minimum atomic E-state index is -1.70. The maximum absolute atomic E-state index is 12.4. The third-order valence-corrected chi connectivity index (χ3v) is 6.33. The number of carbonyl (C=O) groups excluding carboxylic acids is 2. The summed E-state index contributed by atoms with van der Waals surface area (Å²) in [5.74, 6) is -3.03. The number of hydrogen-bond donors (Lipinski definition) is 5. The Morgan fingerprint density at radius 1 is 1.21 bits per heavy atom. The summed E-state index contributed by atoms with van der Waals surface area (Å²) in [6, 6.07) is 0. The summed E-state index contributed by atoms with van der Waals surface area (Å²) >= 11 is 0. The predicted octanol–water partition coefficient (Wildman–Crippen LogP) is -2.38. The molecular weight excluding hydrogens is 444 g/mol. The lowest BCUT2D eigenvalue weighted by atomic mass is 9.78. The van der Waals surface area contributed by atoms with E-state index in [1.807, 2.05) is 0 Å². The van der Waals surface area contributed by atoms with Gasteiger partial charge in [0.15, 0.2) is 11.9 Å². The van der Waals surface area contributed by atoms with E-state index < -0.39 is 79.1 Å². The lowest BCUT2D eigenvalue weighted by Gasteiger charge is -2.44. The van der Waals surface area contributed by atoms with Crippen LogP contribution < -0.4 is 0 Å². The average molecular weight is 470 g/mol. The highest BCUT2D eigenvalue weighted by Gasteiger charge is 2.59. The molecule has 0 radical (unpaired) electrons. The third kappa shape index (κ3) is 3.87. The fourth-order valence-corrected chi connectivity index (χ4v) is 4.57. The van der Waals surface area contributed by atoms with Crippen LogP contribution in [0, 0.1) is 11.8 Å². The highest BCUT2D eigenvalue weighted by molar-refractivity contribution is 5.94. The number of carbonyl (C=O) groups is 2. The van der Waals surface area contributed by atoms with E-state index in [1.165, 1.54) is 20.1 Å². The second kappa shape index (κ2) is 8.80. The minimum Gasteiger partial charge on any atom is -0.471 e. The van der Waals surface area contributed by atoms with Crippen molar-refractivity contribution in [3.05, 3.63) is 35.6 Å². The lowest BCUT2D eigenvalue weighted by Crippen LogP contribution is -2.60. The first-order valence-corrected chi connectivity index (χ1v) is 10.4. The molecule has 0 aromatic rings. The molecule has 12 heteroatoms. The quantitative estimate of drug-likeness (QED) is 0.213. The van der Waals surface area contributed by atoms with Crippen LogP contribution in [0.15, 0.2) is 35.6 Å². The number of esters is 2. The normalized spacial score (nSPS) is 42.8. The molecule has 12 nitrogen and oxygen atoms in total. The first-order valence-electron chi connectivity index (χ1n) is 10.4. The van der Waals surface area contributed by atoms with Crippen LogP contribution in [0.2, 0.25) is 0 Å². The van der Waals surface area contributed by atoms with Crippen LogP contribution in [-0.2, 0) is 33.3 Å². The van der Waals surface area contributed by atoms with Gasteiger partial charge >= 0.3 is 11.9 Å². The van der Waals surface area contributed by atoms with Crippen molar-refractivity contribution in [2.24, 2.45) is 11.8 Å². The third-order valence-electron chi connectivity index (χ3n) is 6.33. The van der Waals surface area contributed by atoms with Gasteiger partial charge in [-0.15, -0.1) is 0 Å². The highest BCUT2D eigenvalue weighted by Crippen LogP contribution is 2.50. The predicted molar refractivity (Wildman–Crippen MR) is 105 cm³/mol. The molecule has 1 spiro atoms. The molecule has 0 saturated carbocycles. The van der Waals surface area contributed by atoms with Crippen molar-refractivity contribution in [1.82, 2.24) is 0 Å². The summed E-state index contributed by atoms with van der Waals surface area (Å²) in [5, 5.41) is 49.8. The van der Waals surface area contributed by atoms with Crippen molar-refractivity contribution >= 4 is 11.9 Å². The largest absolute Gasteiger partial charge is 0.471 e. The number of ether oxygens (including phenoxy) is 5. The number of rotatable bonds is 5. The molecule has 33 heavy (non-hydrogen) atoms. The lowest BCUT2D eigenvalue weighted by molar-refractivity contribution is -0.344. The summed E-state index contributed by atoms with van der Waals surface area (Å²) in [6.45, 7) is 0.750. The van der Waals surface area contributed by atoms with Gasteiger partial charge in [0, 0.05) is 5.92 Å². The van der Waals surface area contributed by atoms with E-state index in [9.17, 15) is 35.1 Å². The van der Waals surface area contributed by atoms with Gasteiger partial charge < -0.3 is 49.2 Å². The molecule has 1 saturated heterocycles. The summed E-state index contributed by atoms with van der Waals surface area (Å²) in [4.78, 5) is 24.7. The van der Waals surface area contributed by atoms with Gasteiger partial charge in [-0.2, -0.15) is 0 Å². The van der Waals surface area contributed by atoms with Crippen LogP contribution in [-0.4, -0.2) is 99.9 Å². The number of allylic oxidation sites excluding steroid dienone is 1. The fourth-order valence-electron chi connectivity index (χ4n) is 4.57. The Bertz CT molecular complexity index is 892. The van der Waals surface area contributed by atoms with Gasteiger partial charge in [0.05, 0.1) is 43.1 Å². The molecule has 0 bridgehead atoms. The summed E-state index contributed by atoms with van der Waals surface area (Å²) in [5.41, 5.74) is -1.30. The van der Waals surface area contributed by atoms with E-state index in [2.05, 4.69) is 0 Å². The molecule has 182 valence electrons. The molecule has 4 aliphatic rings. The average Bonchev–Trinajstić information content (AvgIpc) is 3.34. The van der Waals surface area contributed by atoms with E-state index in [0.717, 1.165) is 6.26 Å². The van der Waals surface area contributed by atoms with Crippen molar-refractivity contribution in [3.8, 4) is 0 Å². The molecule has 4 rings (SSSR count). The van der Waals surface area contributed by atoms with Gasteiger partial charge in [-0.25, -0.2) is 9.59 Å². The Hall–Kier alpha value is -2.32. The van der Waals surface area contributed by atoms with E-state index in [0.29, 0.717) is 0 Å². The molecule has 1 aliphatic carbocycles. The van der Waals surface area contributed by atoms with Crippen LogP contribution in [0.1, 0.15) is 6.92 Å². The van der Waals surface area contributed by atoms with Crippen LogP contribution in [0.25, 0.3) is 0 Å². The van der Waals surface area contributed by atoms with Crippen molar-refractivity contribution < 1.29 is 58.8 Å². The van der Waals surface area contributed by atoms with E-state index in [1.54, 1.807) is 12.2 Å². The van der Waals surface area contributed by atoms with Crippen LogP contribution in [0.4, 0.5) is 0 Å². The van der Waals surface area contributed by atoms with Gasteiger partial charge in [-0.05, 0) is 19.1 Å². The van der Waals surface area contributed by atoms with Crippen molar-refractivity contribution in [2.75, 3.05) is 13.7 Å². The molecule has 3 aliphatic heterocycles. The standard InChI is InChI=1S/C21H26O12/c1-8(23)10-5-21(33-18(10)28)4-3-9-11(17(27)29-2)7-30-19(13(9)21)32-20-16(26)15(25)14(24)12(6-22)31-20/h3-5,7-9,12-16,19-20,22-26H,6H2,1-2H3/t8-,9-,12-,13-,14-,15+,16-,19+,20+,21+/m1/s1. The topological polar surface area (TPSA) is 181 Å². The number of fused-ring (bicyclic) bond motifs is 2. The minimum absolute atomic E-state index is 0.0149. The molecule has 1 fully saturated rings. The van der Waals surface area contributed by atoms with Crippen LogP contribution in [0.3, 0.4) is 0 Å². The van der Waals surface area contributed by atoms with Crippen LogP contribution in [0.5, 0.6) is 0 Å². The highest BCUT2D eigenvalue weighted by atomic mass is 16.8. The van der Waals surface area contributed by atoms with Crippen molar-refractivity contribution in [3.63, 3.8) is 0 Å². The number of aliphatic hydroxyl groups excluding tert-OH is 5. The van der Waals surface area contributed by atoms with Crippen LogP contribution >= 0.6 is 0 Å². The monoisotopic (exact) mass is 470 g/mol. The second-order valence-corrected chi connectivity index (χ2v) is 8.33. The molecular formula is C21H26O12. The smallest absolute Gasteiger partial charge is 0.337 e. The summed E-state index contributed by atoms with van der Waals surface area (Å²) in [6.07, 6.45) is -4.38. The second-order valence-electron chi connectivity index (χ2n) is 8.33. The van der Waals surface area contributed by atoms with E-state index in [4.69, 9.17) is 23.7 Å². The number of hydrogen-bond acceptors (Lipinski definition) is 12. The SMILES string of the molecule is COC(=O)C1=CO[C@@H](O[C@@H]2O[C@H](CO)[C@@H](O)[C@H](O)[C@H]2O)[C@H]2[C@@H]1C=C[C@]21C=C([C@@H](C)O)C(=O)O1. The molecule has 3 heterocycles. The zero-order valence-corrected chi connectivity index (χ0v) is 17.8. The summed E-state index contributed by atoms with van der Waals surface area (Å²) in [7, 11) is 1.20. The van der Waals surface area contributed by atoms with Gasteiger partial charge in [0.25, 0.3) is 0 Å². The molecule has 0 aromatic heterocycles. The molecule has 10 atom stereocenters. The maximum atomic E-state index is 12.4. The van der Waals surface area contributed by atoms with E-state index >= 15 is 0 Å². The Balaban J connectivity index is 1.67. The summed E-state index contributed by atoms with van der Waals surface area (Å²) < 4.78 is 27.2. The molecule has 5 N–H and O–H groups in total. The Kier molecular flexibility index (Phi) is 6.35. The Morgan fingerprint density at radius 2 is 1.94 bits per heavy atom. The Morgan fingerprint density at radius 3 is 2.55 bits per heavy atom. The fraction of sp³-hybridized carbons (Fsp3) is 0.619. The maximum Gasteiger partial charge on any atom is 0.337 e. The molecule has 0 unspecified atom stereocenters. The zero-order valence-electron chi connectivity index (χ0n) is 17.8. The van der Waals surface area contributed by atoms with Crippen molar-refractivity contribution in [1.29, 1.82) is 0 Å². The number of aliphatic hydroxyl groups is 5. The van der Waals surface area contributed by atoms with Gasteiger partial charge in [-0.3, -0.25) is 0 Å². The Labute approximate surface area is 188 Å². The first-order chi connectivity index (χ1) is 15.6.